The Bertz CT molecular complexity index is 419. The van der Waals surface area contributed by atoms with Crippen LogP contribution in [0, 0.1) is 5.92 Å². The van der Waals surface area contributed by atoms with Gasteiger partial charge in [-0.05, 0) is 44.0 Å². The predicted molar refractivity (Wildman–Crippen MR) is 61.7 cm³/mol. The van der Waals surface area contributed by atoms with Crippen LogP contribution in [0.5, 0.6) is 0 Å². The standard InChI is InChI=1S/C12H16N2O2/c15-9-11-2-1-7-14(12(11)16)8-10-3-5-13-6-4-10/h1-2,7,9-10,13H,3-6,8H2. The highest BCUT2D eigenvalue weighted by Crippen LogP contribution is 2.13. The van der Waals surface area contributed by atoms with Crippen molar-refractivity contribution < 1.29 is 4.79 Å². The first-order valence-electron chi connectivity index (χ1n) is 5.66. The molecule has 0 amide bonds. The maximum absolute atomic E-state index is 11.8. The third-order valence-electron chi connectivity index (χ3n) is 3.09. The van der Waals surface area contributed by atoms with Crippen LogP contribution < -0.4 is 10.9 Å². The second-order valence-corrected chi connectivity index (χ2v) is 4.23. The maximum Gasteiger partial charge on any atom is 0.261 e. The third-order valence-corrected chi connectivity index (χ3v) is 3.09. The van der Waals surface area contributed by atoms with Crippen LogP contribution in [0.3, 0.4) is 0 Å². The number of carbonyl (C=O) groups excluding carboxylic acids is 1. The zero-order valence-corrected chi connectivity index (χ0v) is 9.19. The molecule has 1 saturated heterocycles. The minimum atomic E-state index is -0.170. The third kappa shape index (κ3) is 2.39. The largest absolute Gasteiger partial charge is 0.317 e. The zero-order chi connectivity index (χ0) is 11.4. The van der Waals surface area contributed by atoms with Gasteiger partial charge in [-0.3, -0.25) is 9.59 Å². The Kier molecular flexibility index (Phi) is 3.51. The van der Waals surface area contributed by atoms with Gasteiger partial charge in [-0.2, -0.15) is 0 Å². The summed E-state index contributed by atoms with van der Waals surface area (Å²) in [5, 5.41) is 3.29. The molecule has 1 aromatic rings. The SMILES string of the molecule is O=Cc1cccn(CC2CCNCC2)c1=O. The molecule has 0 spiro atoms. The van der Waals surface area contributed by atoms with E-state index in [4.69, 9.17) is 0 Å². The van der Waals surface area contributed by atoms with Crippen LogP contribution >= 0.6 is 0 Å². The fourth-order valence-corrected chi connectivity index (χ4v) is 2.13. The lowest BCUT2D eigenvalue weighted by atomic mass is 9.98. The lowest BCUT2D eigenvalue weighted by Gasteiger charge is -2.23. The lowest BCUT2D eigenvalue weighted by molar-refractivity contribution is 0.112. The Morgan fingerprint density at radius 1 is 1.44 bits per heavy atom. The van der Waals surface area contributed by atoms with E-state index in [1.165, 1.54) is 0 Å². The average molecular weight is 220 g/mol. The van der Waals surface area contributed by atoms with E-state index in [2.05, 4.69) is 5.32 Å². The summed E-state index contributed by atoms with van der Waals surface area (Å²) in [6, 6.07) is 3.32. The predicted octanol–water partition coefficient (Wildman–Crippen LogP) is 0.660. The molecule has 0 unspecified atom stereocenters. The Hall–Kier alpha value is -1.42. The van der Waals surface area contributed by atoms with Gasteiger partial charge in [0.2, 0.25) is 0 Å². The van der Waals surface area contributed by atoms with Crippen molar-refractivity contribution in [2.24, 2.45) is 5.92 Å². The smallest absolute Gasteiger partial charge is 0.261 e. The molecule has 86 valence electrons. The number of piperidine rings is 1. The van der Waals surface area contributed by atoms with Crippen LogP contribution in [0.4, 0.5) is 0 Å². The van der Waals surface area contributed by atoms with Crippen molar-refractivity contribution in [3.63, 3.8) is 0 Å². The van der Waals surface area contributed by atoms with E-state index in [1.54, 1.807) is 22.9 Å². The Morgan fingerprint density at radius 3 is 2.88 bits per heavy atom. The minimum Gasteiger partial charge on any atom is -0.317 e. The van der Waals surface area contributed by atoms with Gasteiger partial charge in [-0.15, -0.1) is 0 Å². The van der Waals surface area contributed by atoms with Crippen LogP contribution in [0.1, 0.15) is 23.2 Å². The van der Waals surface area contributed by atoms with Crippen molar-refractivity contribution in [3.8, 4) is 0 Å². The summed E-state index contributed by atoms with van der Waals surface area (Å²) in [7, 11) is 0. The van der Waals surface area contributed by atoms with Gasteiger partial charge < -0.3 is 9.88 Å². The first-order valence-corrected chi connectivity index (χ1v) is 5.66. The number of aromatic nitrogens is 1. The van der Waals surface area contributed by atoms with Crippen LogP contribution in [0.25, 0.3) is 0 Å². The summed E-state index contributed by atoms with van der Waals surface area (Å²) in [5.41, 5.74) is 0.0764. The van der Waals surface area contributed by atoms with Crippen LogP contribution in [0.15, 0.2) is 23.1 Å². The zero-order valence-electron chi connectivity index (χ0n) is 9.19. The molecule has 0 aromatic carbocycles. The molecule has 16 heavy (non-hydrogen) atoms. The van der Waals surface area contributed by atoms with Gasteiger partial charge in [0.1, 0.15) is 0 Å². The van der Waals surface area contributed by atoms with Crippen molar-refractivity contribution in [2.45, 2.75) is 19.4 Å². The molecule has 0 aliphatic carbocycles. The van der Waals surface area contributed by atoms with Gasteiger partial charge in [-0.1, -0.05) is 0 Å². The maximum atomic E-state index is 11.8. The molecule has 1 fully saturated rings. The molecule has 0 saturated carbocycles. The average Bonchev–Trinajstić information content (AvgIpc) is 2.33. The molecular formula is C12H16N2O2. The van der Waals surface area contributed by atoms with Crippen molar-refractivity contribution in [1.29, 1.82) is 0 Å². The summed E-state index contributed by atoms with van der Waals surface area (Å²) >= 11 is 0. The van der Waals surface area contributed by atoms with Crippen LogP contribution in [-0.2, 0) is 6.54 Å². The Balaban J connectivity index is 2.14. The summed E-state index contributed by atoms with van der Waals surface area (Å²) in [6.07, 6.45) is 4.58. The summed E-state index contributed by atoms with van der Waals surface area (Å²) in [4.78, 5) is 22.4. The quantitative estimate of drug-likeness (QED) is 0.761. The molecule has 4 nitrogen and oxygen atoms in total. The van der Waals surface area contributed by atoms with E-state index >= 15 is 0 Å². The number of hydrogen-bond donors (Lipinski definition) is 1. The number of pyridine rings is 1. The molecule has 0 radical (unpaired) electrons. The summed E-state index contributed by atoms with van der Waals surface area (Å²) < 4.78 is 1.65. The van der Waals surface area contributed by atoms with Gasteiger partial charge in [0.05, 0.1) is 5.56 Å². The summed E-state index contributed by atoms with van der Waals surface area (Å²) in [6.45, 7) is 2.77. The molecule has 2 rings (SSSR count). The molecule has 1 N–H and O–H groups in total. The molecule has 1 aliphatic rings. The van der Waals surface area contributed by atoms with Crippen molar-refractivity contribution in [2.75, 3.05) is 13.1 Å². The second-order valence-electron chi connectivity index (χ2n) is 4.23. The lowest BCUT2D eigenvalue weighted by Crippen LogP contribution is -2.33. The van der Waals surface area contributed by atoms with Gasteiger partial charge in [-0.25, -0.2) is 0 Å². The topological polar surface area (TPSA) is 51.1 Å². The molecule has 1 aromatic heterocycles. The molecule has 4 heteroatoms. The molecule has 1 aliphatic heterocycles. The molecule has 0 bridgehead atoms. The highest BCUT2D eigenvalue weighted by molar-refractivity contribution is 5.73. The minimum absolute atomic E-state index is 0.170. The monoisotopic (exact) mass is 220 g/mol. The number of aldehydes is 1. The van der Waals surface area contributed by atoms with Crippen molar-refractivity contribution in [1.82, 2.24) is 9.88 Å². The van der Waals surface area contributed by atoms with E-state index in [-0.39, 0.29) is 11.1 Å². The highest BCUT2D eigenvalue weighted by atomic mass is 16.1. The molecule has 2 heterocycles. The Labute approximate surface area is 94.3 Å². The number of hydrogen-bond acceptors (Lipinski definition) is 3. The van der Waals surface area contributed by atoms with E-state index in [0.29, 0.717) is 12.2 Å². The number of rotatable bonds is 3. The highest BCUT2D eigenvalue weighted by Gasteiger charge is 2.14. The van der Waals surface area contributed by atoms with Gasteiger partial charge in [0.25, 0.3) is 5.56 Å². The summed E-state index contributed by atoms with van der Waals surface area (Å²) in [5.74, 6) is 0.542. The number of carbonyl (C=O) groups is 1. The molecule has 0 atom stereocenters. The normalized spacial score (nSPS) is 17.2. The fraction of sp³-hybridized carbons (Fsp3) is 0.500. The first kappa shape index (κ1) is 11.1. The van der Waals surface area contributed by atoms with E-state index in [9.17, 15) is 9.59 Å². The van der Waals surface area contributed by atoms with Crippen LogP contribution in [0.2, 0.25) is 0 Å². The Morgan fingerprint density at radius 2 is 2.19 bits per heavy atom. The molecular weight excluding hydrogens is 204 g/mol. The number of nitrogens with zero attached hydrogens (tertiary/aromatic N) is 1. The van der Waals surface area contributed by atoms with Gasteiger partial charge in [0, 0.05) is 12.7 Å². The van der Waals surface area contributed by atoms with Gasteiger partial charge in [0.15, 0.2) is 6.29 Å². The first-order chi connectivity index (χ1) is 7.81. The fourth-order valence-electron chi connectivity index (χ4n) is 2.13. The van der Waals surface area contributed by atoms with Crippen molar-refractivity contribution >= 4 is 6.29 Å². The van der Waals surface area contributed by atoms with E-state index in [0.717, 1.165) is 32.5 Å². The van der Waals surface area contributed by atoms with Gasteiger partial charge >= 0.3 is 0 Å². The second kappa shape index (κ2) is 5.07. The van der Waals surface area contributed by atoms with Crippen molar-refractivity contribution in [3.05, 3.63) is 34.2 Å². The van der Waals surface area contributed by atoms with Crippen LogP contribution in [-0.4, -0.2) is 23.9 Å². The van der Waals surface area contributed by atoms with E-state index < -0.39 is 0 Å². The number of nitrogens with one attached hydrogen (secondary N) is 1. The van der Waals surface area contributed by atoms with E-state index in [1.807, 2.05) is 0 Å².